The molecule has 0 unspecified atom stereocenters. The van der Waals surface area contributed by atoms with Gasteiger partial charge in [0.2, 0.25) is 5.91 Å². The number of carbonyl (C=O) groups is 2. The molecule has 2 aliphatic heterocycles. The zero-order chi connectivity index (χ0) is 21.3. The van der Waals surface area contributed by atoms with Crippen LogP contribution in [0, 0.1) is 0 Å². The molecule has 3 rings (SSSR count). The van der Waals surface area contributed by atoms with Crippen LogP contribution in [0.3, 0.4) is 0 Å². The number of benzene rings is 1. The molecule has 30 heavy (non-hydrogen) atoms. The van der Waals surface area contributed by atoms with Gasteiger partial charge in [-0.1, -0.05) is 18.2 Å². The maximum Gasteiger partial charge on any atom is 0.409 e. The number of amides is 2. The third-order valence-electron chi connectivity index (χ3n) is 5.51. The second-order valence-corrected chi connectivity index (χ2v) is 7.51. The molecule has 2 saturated heterocycles. The smallest absolute Gasteiger partial charge is 0.409 e. The van der Waals surface area contributed by atoms with Crippen LogP contribution in [-0.4, -0.2) is 86.2 Å². The first-order valence-corrected chi connectivity index (χ1v) is 10.6. The monoisotopic (exact) mass is 416 g/mol. The Hall–Kier alpha value is -2.97. The van der Waals surface area contributed by atoms with Crippen molar-refractivity contribution in [2.75, 3.05) is 57.3 Å². The van der Waals surface area contributed by atoms with Crippen LogP contribution in [0.4, 0.5) is 10.5 Å². The Labute approximate surface area is 177 Å². The van der Waals surface area contributed by atoms with Gasteiger partial charge in [-0.15, -0.1) is 0 Å². The van der Waals surface area contributed by atoms with Crippen LogP contribution in [0.1, 0.15) is 19.8 Å². The van der Waals surface area contributed by atoms with Gasteiger partial charge in [0, 0.05) is 51.0 Å². The number of rotatable bonds is 5. The number of likely N-dealkylation sites (tertiary alicyclic amines) is 1. The number of nitrogens with zero attached hydrogens (tertiary/aromatic N) is 4. The van der Waals surface area contributed by atoms with Crippen LogP contribution in [-0.2, 0) is 9.53 Å². The van der Waals surface area contributed by atoms with Crippen molar-refractivity contribution in [2.45, 2.75) is 25.8 Å². The predicted molar refractivity (Wildman–Crippen MR) is 116 cm³/mol. The van der Waals surface area contributed by atoms with Crippen molar-refractivity contribution < 1.29 is 14.3 Å². The zero-order valence-corrected chi connectivity index (χ0v) is 17.6. The summed E-state index contributed by atoms with van der Waals surface area (Å²) in [5, 5.41) is 3.17. The number of nitrogens with two attached hydrogens (primary N) is 1. The van der Waals surface area contributed by atoms with Crippen molar-refractivity contribution in [3.05, 3.63) is 30.3 Å². The van der Waals surface area contributed by atoms with Crippen molar-refractivity contribution in [2.24, 2.45) is 10.7 Å². The standard InChI is InChI=1S/C21H32N6O3/c1-2-30-21(29)27-10-8-17(9-11-27)24-20(22)23-16-19(28)26-14-12-25(13-15-26)18-6-4-3-5-7-18/h3-7,17H,2,8-16H2,1H3,(H3,22,23,24). The van der Waals surface area contributed by atoms with E-state index in [1.807, 2.05) is 23.1 Å². The number of hydrogen-bond acceptors (Lipinski definition) is 5. The van der Waals surface area contributed by atoms with E-state index in [0.29, 0.717) is 32.8 Å². The second-order valence-electron chi connectivity index (χ2n) is 7.51. The van der Waals surface area contributed by atoms with E-state index in [1.54, 1.807) is 11.8 Å². The molecular formula is C21H32N6O3. The number of piperazine rings is 1. The van der Waals surface area contributed by atoms with Gasteiger partial charge in [-0.3, -0.25) is 4.79 Å². The van der Waals surface area contributed by atoms with Gasteiger partial charge >= 0.3 is 6.09 Å². The van der Waals surface area contributed by atoms with E-state index in [2.05, 4.69) is 27.3 Å². The van der Waals surface area contributed by atoms with E-state index in [-0.39, 0.29) is 30.5 Å². The fourth-order valence-corrected chi connectivity index (χ4v) is 3.78. The van der Waals surface area contributed by atoms with Gasteiger partial charge in [0.25, 0.3) is 0 Å². The number of guanidine groups is 1. The summed E-state index contributed by atoms with van der Waals surface area (Å²) in [4.78, 5) is 34.3. The van der Waals surface area contributed by atoms with Gasteiger partial charge in [0.05, 0.1) is 6.61 Å². The lowest BCUT2D eigenvalue weighted by Gasteiger charge is -2.36. The van der Waals surface area contributed by atoms with Gasteiger partial charge in [-0.25, -0.2) is 9.79 Å². The first-order valence-electron chi connectivity index (χ1n) is 10.6. The maximum absolute atomic E-state index is 12.5. The molecule has 0 atom stereocenters. The number of anilines is 1. The lowest BCUT2D eigenvalue weighted by atomic mass is 10.1. The van der Waals surface area contributed by atoms with Gasteiger partial charge in [-0.2, -0.15) is 0 Å². The molecule has 0 spiro atoms. The molecule has 1 aromatic rings. The maximum atomic E-state index is 12.5. The Morgan fingerprint density at radius 3 is 2.37 bits per heavy atom. The van der Waals surface area contributed by atoms with Crippen molar-refractivity contribution in [1.82, 2.24) is 15.1 Å². The molecule has 2 fully saturated rings. The normalized spacial score (nSPS) is 18.3. The number of hydrogen-bond donors (Lipinski definition) is 2. The second kappa shape index (κ2) is 10.7. The molecule has 2 aliphatic rings. The van der Waals surface area contributed by atoms with Crippen LogP contribution in [0.5, 0.6) is 0 Å². The quantitative estimate of drug-likeness (QED) is 0.545. The zero-order valence-electron chi connectivity index (χ0n) is 17.6. The molecule has 9 heteroatoms. The molecule has 0 aliphatic carbocycles. The van der Waals surface area contributed by atoms with Gasteiger partial charge < -0.3 is 30.5 Å². The van der Waals surface area contributed by atoms with Crippen LogP contribution in [0.25, 0.3) is 0 Å². The summed E-state index contributed by atoms with van der Waals surface area (Å²) in [6.45, 7) is 6.46. The lowest BCUT2D eigenvalue weighted by molar-refractivity contribution is -0.129. The Bertz CT molecular complexity index is 726. The number of ether oxygens (including phenoxy) is 1. The highest BCUT2D eigenvalue weighted by atomic mass is 16.6. The van der Waals surface area contributed by atoms with Gasteiger partial charge in [0.1, 0.15) is 6.54 Å². The van der Waals surface area contributed by atoms with Crippen LogP contribution >= 0.6 is 0 Å². The first kappa shape index (κ1) is 21.7. The summed E-state index contributed by atoms with van der Waals surface area (Å²) in [6, 6.07) is 10.4. The van der Waals surface area contributed by atoms with E-state index < -0.39 is 0 Å². The van der Waals surface area contributed by atoms with E-state index >= 15 is 0 Å². The van der Waals surface area contributed by atoms with Gasteiger partial charge in [-0.05, 0) is 31.9 Å². The summed E-state index contributed by atoms with van der Waals surface area (Å²) < 4.78 is 5.02. The molecule has 9 nitrogen and oxygen atoms in total. The summed E-state index contributed by atoms with van der Waals surface area (Å²) >= 11 is 0. The molecule has 3 N–H and O–H groups in total. The van der Waals surface area contributed by atoms with E-state index in [9.17, 15) is 9.59 Å². The van der Waals surface area contributed by atoms with Crippen LogP contribution < -0.4 is 16.0 Å². The lowest BCUT2D eigenvalue weighted by Crippen LogP contribution is -2.50. The summed E-state index contributed by atoms with van der Waals surface area (Å²) in [5.74, 6) is 0.269. The highest BCUT2D eigenvalue weighted by Gasteiger charge is 2.24. The Morgan fingerprint density at radius 2 is 1.73 bits per heavy atom. The average molecular weight is 417 g/mol. The minimum atomic E-state index is -0.268. The highest BCUT2D eigenvalue weighted by Crippen LogP contribution is 2.15. The first-order chi connectivity index (χ1) is 14.6. The Kier molecular flexibility index (Phi) is 7.75. The Balaban J connectivity index is 1.37. The molecule has 0 radical (unpaired) electrons. The topological polar surface area (TPSA) is 104 Å². The fraction of sp³-hybridized carbons (Fsp3) is 0.571. The number of nitrogens with one attached hydrogen (secondary N) is 1. The van der Waals surface area contributed by atoms with Crippen molar-refractivity contribution in [1.29, 1.82) is 0 Å². The third-order valence-corrected chi connectivity index (χ3v) is 5.51. The molecule has 2 heterocycles. The van der Waals surface area contributed by atoms with Crippen LogP contribution in [0.2, 0.25) is 0 Å². The summed E-state index contributed by atoms with van der Waals surface area (Å²) in [5.41, 5.74) is 7.16. The van der Waals surface area contributed by atoms with Crippen molar-refractivity contribution in [3.8, 4) is 0 Å². The predicted octanol–water partition coefficient (Wildman–Crippen LogP) is 0.860. The summed E-state index contributed by atoms with van der Waals surface area (Å²) in [7, 11) is 0. The minimum Gasteiger partial charge on any atom is -0.450 e. The molecule has 2 amide bonds. The van der Waals surface area contributed by atoms with Crippen LogP contribution in [0.15, 0.2) is 35.3 Å². The molecule has 0 aromatic heterocycles. The molecule has 164 valence electrons. The number of carbonyl (C=O) groups excluding carboxylic acids is 2. The van der Waals surface area contributed by atoms with E-state index in [1.165, 1.54) is 5.69 Å². The Morgan fingerprint density at radius 1 is 1.07 bits per heavy atom. The fourth-order valence-electron chi connectivity index (χ4n) is 3.78. The molecule has 0 saturated carbocycles. The number of piperidine rings is 1. The minimum absolute atomic E-state index is 0.00964. The van der Waals surface area contributed by atoms with E-state index in [0.717, 1.165) is 25.9 Å². The molecule has 0 bridgehead atoms. The third kappa shape index (κ3) is 6.01. The number of aliphatic imine (C=N–C) groups is 1. The van der Waals surface area contributed by atoms with E-state index in [4.69, 9.17) is 10.5 Å². The number of para-hydroxylation sites is 1. The summed E-state index contributed by atoms with van der Waals surface area (Å²) in [6.07, 6.45) is 1.27. The van der Waals surface area contributed by atoms with Crippen molar-refractivity contribution in [3.63, 3.8) is 0 Å². The molecule has 1 aromatic carbocycles. The average Bonchev–Trinajstić information content (AvgIpc) is 2.79. The molecular weight excluding hydrogens is 384 g/mol. The van der Waals surface area contributed by atoms with Gasteiger partial charge in [0.15, 0.2) is 5.96 Å². The highest BCUT2D eigenvalue weighted by molar-refractivity contribution is 5.84. The van der Waals surface area contributed by atoms with Crippen molar-refractivity contribution >= 4 is 23.6 Å². The SMILES string of the molecule is CCOC(=O)N1CCC(NC(N)=NCC(=O)N2CCN(c3ccccc3)CC2)CC1. The largest absolute Gasteiger partial charge is 0.450 e.